The molecule has 1 aromatic carbocycles. The zero-order chi connectivity index (χ0) is 20.5. The van der Waals surface area contributed by atoms with Gasteiger partial charge >= 0.3 is 0 Å². The molecule has 0 atom stereocenters. The number of nitrogens with zero attached hydrogens (tertiary/aromatic N) is 2. The standard InChI is InChI=1S/C22H35N3O3S/c26-22(23-13-8-16-24-14-4-1-2-5-15-24)21-11-9-20(10-12-21)19-29(27,28)25-17-6-3-7-18-25/h9-12H,1-8,13-19H2,(H,23,26). The van der Waals surface area contributed by atoms with E-state index in [1.807, 2.05) is 0 Å². The van der Waals surface area contributed by atoms with Gasteiger partial charge in [-0.25, -0.2) is 12.7 Å². The van der Waals surface area contributed by atoms with E-state index in [1.54, 1.807) is 28.6 Å². The lowest BCUT2D eigenvalue weighted by molar-refractivity contribution is 0.0951. The van der Waals surface area contributed by atoms with Crippen molar-refractivity contribution >= 4 is 15.9 Å². The van der Waals surface area contributed by atoms with E-state index >= 15 is 0 Å². The lowest BCUT2D eigenvalue weighted by atomic mass is 10.1. The first-order valence-corrected chi connectivity index (χ1v) is 12.7. The molecule has 2 heterocycles. The van der Waals surface area contributed by atoms with E-state index in [4.69, 9.17) is 0 Å². The second kappa shape index (κ2) is 11.1. The second-order valence-electron chi connectivity index (χ2n) is 8.28. The number of likely N-dealkylation sites (tertiary alicyclic amines) is 1. The molecule has 162 valence electrons. The van der Waals surface area contributed by atoms with Gasteiger partial charge in [0, 0.05) is 25.2 Å². The molecule has 6 nitrogen and oxygen atoms in total. The van der Waals surface area contributed by atoms with Gasteiger partial charge in [0.05, 0.1) is 5.75 Å². The van der Waals surface area contributed by atoms with Crippen LogP contribution in [0.4, 0.5) is 0 Å². The number of rotatable bonds is 8. The number of carbonyl (C=O) groups excluding carboxylic acids is 1. The number of nitrogens with one attached hydrogen (secondary N) is 1. The molecule has 0 aromatic heterocycles. The fourth-order valence-electron chi connectivity index (χ4n) is 4.16. The van der Waals surface area contributed by atoms with Crippen molar-refractivity contribution in [3.63, 3.8) is 0 Å². The zero-order valence-electron chi connectivity index (χ0n) is 17.4. The first kappa shape index (κ1) is 22.2. The van der Waals surface area contributed by atoms with Crippen LogP contribution in [0.2, 0.25) is 0 Å². The van der Waals surface area contributed by atoms with E-state index in [-0.39, 0.29) is 11.7 Å². The van der Waals surface area contributed by atoms with Gasteiger partial charge in [0.2, 0.25) is 10.0 Å². The fourth-order valence-corrected chi connectivity index (χ4v) is 5.77. The highest BCUT2D eigenvalue weighted by molar-refractivity contribution is 7.88. The molecule has 1 aromatic rings. The lowest BCUT2D eigenvalue weighted by Crippen LogP contribution is -2.36. The molecule has 1 N–H and O–H groups in total. The lowest BCUT2D eigenvalue weighted by Gasteiger charge is -2.25. The van der Waals surface area contributed by atoms with Crippen LogP contribution in [-0.4, -0.2) is 62.8 Å². The minimum Gasteiger partial charge on any atom is -0.352 e. The molecule has 2 aliphatic rings. The first-order valence-electron chi connectivity index (χ1n) is 11.1. The monoisotopic (exact) mass is 421 g/mol. The third kappa shape index (κ3) is 7.08. The number of hydrogen-bond acceptors (Lipinski definition) is 4. The van der Waals surface area contributed by atoms with Gasteiger partial charge < -0.3 is 10.2 Å². The Morgan fingerprint density at radius 3 is 2.10 bits per heavy atom. The Morgan fingerprint density at radius 1 is 0.862 bits per heavy atom. The van der Waals surface area contributed by atoms with Gasteiger partial charge in [-0.3, -0.25) is 4.79 Å². The molecule has 1 amide bonds. The number of benzene rings is 1. The van der Waals surface area contributed by atoms with Crippen molar-refractivity contribution in [2.24, 2.45) is 0 Å². The molecule has 0 saturated carbocycles. The summed E-state index contributed by atoms with van der Waals surface area (Å²) in [6, 6.07) is 6.97. The molecular weight excluding hydrogens is 386 g/mol. The molecule has 0 radical (unpaired) electrons. The normalized spacial score (nSPS) is 19.6. The maximum absolute atomic E-state index is 12.5. The smallest absolute Gasteiger partial charge is 0.251 e. The van der Waals surface area contributed by atoms with Crippen molar-refractivity contribution in [3.8, 4) is 0 Å². The van der Waals surface area contributed by atoms with Gasteiger partial charge in [-0.15, -0.1) is 0 Å². The van der Waals surface area contributed by atoms with Gasteiger partial charge in [-0.05, 0) is 69.4 Å². The Bertz CT molecular complexity index is 735. The van der Waals surface area contributed by atoms with Crippen LogP contribution in [-0.2, 0) is 15.8 Å². The molecule has 2 aliphatic heterocycles. The minimum absolute atomic E-state index is 0.00470. The molecule has 2 fully saturated rings. The van der Waals surface area contributed by atoms with Gasteiger partial charge in [0.25, 0.3) is 5.91 Å². The van der Waals surface area contributed by atoms with E-state index in [0.717, 1.165) is 37.8 Å². The van der Waals surface area contributed by atoms with E-state index in [0.29, 0.717) is 25.2 Å². The molecule has 29 heavy (non-hydrogen) atoms. The van der Waals surface area contributed by atoms with Crippen LogP contribution in [0, 0.1) is 0 Å². The largest absolute Gasteiger partial charge is 0.352 e. The molecule has 0 spiro atoms. The van der Waals surface area contributed by atoms with E-state index in [1.165, 1.54) is 38.8 Å². The van der Waals surface area contributed by atoms with Crippen molar-refractivity contribution in [3.05, 3.63) is 35.4 Å². The van der Waals surface area contributed by atoms with Crippen LogP contribution < -0.4 is 5.32 Å². The van der Waals surface area contributed by atoms with Crippen LogP contribution in [0.5, 0.6) is 0 Å². The number of sulfonamides is 1. The van der Waals surface area contributed by atoms with Crippen molar-refractivity contribution in [2.45, 2.75) is 57.1 Å². The maximum atomic E-state index is 12.5. The number of hydrogen-bond donors (Lipinski definition) is 1. The van der Waals surface area contributed by atoms with Crippen LogP contribution >= 0.6 is 0 Å². The van der Waals surface area contributed by atoms with Crippen LogP contribution in [0.25, 0.3) is 0 Å². The molecule has 0 aliphatic carbocycles. The third-order valence-corrected chi connectivity index (χ3v) is 7.76. The average molecular weight is 422 g/mol. The zero-order valence-corrected chi connectivity index (χ0v) is 18.3. The Hall–Kier alpha value is -1.44. The van der Waals surface area contributed by atoms with Crippen molar-refractivity contribution in [2.75, 3.05) is 39.3 Å². The van der Waals surface area contributed by atoms with Crippen molar-refractivity contribution in [1.29, 1.82) is 0 Å². The number of amides is 1. The van der Waals surface area contributed by atoms with E-state index < -0.39 is 10.0 Å². The Morgan fingerprint density at radius 2 is 1.45 bits per heavy atom. The summed E-state index contributed by atoms with van der Waals surface area (Å²) < 4.78 is 26.7. The van der Waals surface area contributed by atoms with Gasteiger partial charge in [0.1, 0.15) is 0 Å². The van der Waals surface area contributed by atoms with Gasteiger partial charge in [-0.1, -0.05) is 31.4 Å². The molecule has 3 rings (SSSR count). The highest BCUT2D eigenvalue weighted by Crippen LogP contribution is 2.17. The molecule has 7 heteroatoms. The fraction of sp³-hybridized carbons (Fsp3) is 0.682. The SMILES string of the molecule is O=C(NCCCN1CCCCCC1)c1ccc(CS(=O)(=O)N2CCCCC2)cc1. The Balaban J connectivity index is 1.42. The summed E-state index contributed by atoms with van der Waals surface area (Å²) in [5, 5.41) is 2.98. The summed E-state index contributed by atoms with van der Waals surface area (Å²) in [5.74, 6) is -0.0867. The predicted molar refractivity (Wildman–Crippen MR) is 116 cm³/mol. The van der Waals surface area contributed by atoms with Crippen LogP contribution in [0.15, 0.2) is 24.3 Å². The summed E-state index contributed by atoms with van der Waals surface area (Å²) in [4.78, 5) is 14.8. The number of carbonyl (C=O) groups is 1. The first-order chi connectivity index (χ1) is 14.0. The van der Waals surface area contributed by atoms with E-state index in [2.05, 4.69) is 10.2 Å². The Kier molecular flexibility index (Phi) is 8.51. The topological polar surface area (TPSA) is 69.7 Å². The Labute approximate surface area is 175 Å². The summed E-state index contributed by atoms with van der Waals surface area (Å²) in [6.45, 7) is 5.31. The van der Waals surface area contributed by atoms with Gasteiger partial charge in [0.15, 0.2) is 0 Å². The predicted octanol–water partition coefficient (Wildman–Crippen LogP) is 3.00. The summed E-state index contributed by atoms with van der Waals surface area (Å²) in [6.07, 6.45) is 9.18. The second-order valence-corrected chi connectivity index (χ2v) is 10.2. The van der Waals surface area contributed by atoms with Crippen molar-refractivity contribution in [1.82, 2.24) is 14.5 Å². The molecule has 0 bridgehead atoms. The minimum atomic E-state index is -3.27. The number of piperidine rings is 1. The molecule has 2 saturated heterocycles. The average Bonchev–Trinajstić information content (AvgIpc) is 3.01. The van der Waals surface area contributed by atoms with Crippen molar-refractivity contribution < 1.29 is 13.2 Å². The summed E-state index contributed by atoms with van der Waals surface area (Å²) >= 11 is 0. The maximum Gasteiger partial charge on any atom is 0.251 e. The molecular formula is C22H35N3O3S. The summed E-state index contributed by atoms with van der Waals surface area (Å²) in [7, 11) is -3.27. The highest BCUT2D eigenvalue weighted by atomic mass is 32.2. The molecule has 0 unspecified atom stereocenters. The quantitative estimate of drug-likeness (QED) is 0.655. The van der Waals surface area contributed by atoms with Gasteiger partial charge in [-0.2, -0.15) is 0 Å². The van der Waals surface area contributed by atoms with Crippen LogP contribution in [0.3, 0.4) is 0 Å². The summed E-state index contributed by atoms with van der Waals surface area (Å²) in [5.41, 5.74) is 1.31. The van der Waals surface area contributed by atoms with Crippen LogP contribution in [0.1, 0.15) is 67.3 Å². The van der Waals surface area contributed by atoms with E-state index in [9.17, 15) is 13.2 Å². The highest BCUT2D eigenvalue weighted by Gasteiger charge is 2.24. The third-order valence-electron chi connectivity index (χ3n) is 5.91.